The molecule has 0 spiro atoms. The molecule has 4 saturated carbocycles. The summed E-state index contributed by atoms with van der Waals surface area (Å²) in [5, 5.41) is 29.8. The SMILES string of the molecule is CC(=O)OC12C3CCC(C3)C1COC(O)(C(F)(F)F)C2(F)F.CC1(C)OC(O)(C(F)(F)F)C(F)(F)C2(O)C3CCC(C3)C12.C[Si](C)(C)C.C[Si](C)(C)C. The molecule has 312 valence electrons. The van der Waals surface area contributed by atoms with Gasteiger partial charge in [0.25, 0.3) is 0 Å². The first-order valence-corrected chi connectivity index (χ1v) is 25.9. The highest BCUT2D eigenvalue weighted by atomic mass is 28.3. The van der Waals surface area contributed by atoms with Crippen LogP contribution in [0.25, 0.3) is 0 Å². The third kappa shape index (κ3) is 7.71. The summed E-state index contributed by atoms with van der Waals surface area (Å²) in [7, 11) is -1.22. The first-order valence-electron chi connectivity index (χ1n) is 17.9. The van der Waals surface area contributed by atoms with Crippen LogP contribution in [0.4, 0.5) is 43.9 Å². The van der Waals surface area contributed by atoms with Gasteiger partial charge in [-0.1, -0.05) is 52.4 Å². The van der Waals surface area contributed by atoms with E-state index in [2.05, 4.69) is 61.8 Å². The Hall–Kier alpha value is -0.996. The zero-order chi connectivity index (χ0) is 41.6. The van der Waals surface area contributed by atoms with E-state index in [-0.39, 0.29) is 37.5 Å². The summed E-state index contributed by atoms with van der Waals surface area (Å²) in [5.74, 6) is -24.7. The highest BCUT2D eigenvalue weighted by Crippen LogP contribution is 2.70. The minimum absolute atomic E-state index is 0.233. The summed E-state index contributed by atoms with van der Waals surface area (Å²) in [6.07, 6.45) is -9.34. The molecule has 10 unspecified atom stereocenters. The van der Waals surface area contributed by atoms with Crippen molar-refractivity contribution in [2.75, 3.05) is 6.61 Å². The van der Waals surface area contributed by atoms with Crippen LogP contribution in [0, 0.1) is 35.5 Å². The Labute approximate surface area is 306 Å². The summed E-state index contributed by atoms with van der Waals surface area (Å²) in [5.41, 5.74) is -7.27. The van der Waals surface area contributed by atoms with Gasteiger partial charge in [-0.3, -0.25) is 4.79 Å². The van der Waals surface area contributed by atoms with E-state index in [1.807, 2.05) is 0 Å². The van der Waals surface area contributed by atoms with Crippen molar-refractivity contribution in [3.63, 3.8) is 0 Å². The van der Waals surface area contributed by atoms with Crippen molar-refractivity contribution in [1.29, 1.82) is 0 Å². The molecule has 6 aliphatic rings. The highest BCUT2D eigenvalue weighted by Gasteiger charge is 2.89. The number of fused-ring (bicyclic) bond motifs is 10. The molecule has 19 heteroatoms. The Bertz CT molecular complexity index is 1330. The van der Waals surface area contributed by atoms with E-state index in [0.29, 0.717) is 12.8 Å². The molecule has 2 saturated heterocycles. The molecule has 4 bridgehead atoms. The van der Waals surface area contributed by atoms with Crippen molar-refractivity contribution in [2.24, 2.45) is 35.5 Å². The van der Waals surface area contributed by atoms with Gasteiger partial charge in [-0.25, -0.2) is 0 Å². The lowest BCUT2D eigenvalue weighted by Crippen LogP contribution is -2.80. The Morgan fingerprint density at radius 1 is 0.698 bits per heavy atom. The summed E-state index contributed by atoms with van der Waals surface area (Å²) >= 11 is 0. The number of rotatable bonds is 1. The standard InChI is InChI=1S/C13H15F5O4.C13H17F5O3.2C4H12Si/c1-6(19)22-10-8-3-2-7(4-8)9(10)5-21-12(20,11(10,14)15)13(16,17)18;1-9(2)8-6-3-4-7(5-6)10(8,19)11(14,15)12(20,21-9)13(16,17)18;2*1-5(2,3)4/h7-9,20H,2-5H2,1H3;6-8,19-20H,3-5H2,1-2H3;2*1-4H3. The average Bonchev–Trinajstić information content (AvgIpc) is 3.68. The first-order chi connectivity index (χ1) is 23.3. The zero-order valence-corrected chi connectivity index (χ0v) is 34.2. The molecule has 0 aromatic rings. The van der Waals surface area contributed by atoms with E-state index >= 15 is 0 Å². The number of hydrogen-bond acceptors (Lipinski definition) is 7. The van der Waals surface area contributed by atoms with Gasteiger partial charge in [0.1, 0.15) is 5.60 Å². The van der Waals surface area contributed by atoms with Gasteiger partial charge in [0.15, 0.2) is 5.60 Å². The molecule has 0 aromatic heterocycles. The van der Waals surface area contributed by atoms with Crippen molar-refractivity contribution in [2.45, 2.75) is 164 Å². The van der Waals surface area contributed by atoms with Crippen molar-refractivity contribution in [3.8, 4) is 0 Å². The maximum absolute atomic E-state index is 14.8. The van der Waals surface area contributed by atoms with Gasteiger partial charge in [0, 0.05) is 40.8 Å². The number of hydrogen-bond donors (Lipinski definition) is 3. The van der Waals surface area contributed by atoms with Crippen molar-refractivity contribution in [1.82, 2.24) is 0 Å². The van der Waals surface area contributed by atoms with E-state index in [0.717, 1.165) is 6.92 Å². The number of carbonyl (C=O) groups excluding carboxylic acids is 1. The van der Waals surface area contributed by atoms with Gasteiger partial charge in [-0.15, -0.1) is 0 Å². The van der Waals surface area contributed by atoms with Crippen LogP contribution in [0.3, 0.4) is 0 Å². The second-order valence-electron chi connectivity index (χ2n) is 19.3. The number of esters is 1. The first kappa shape index (κ1) is 46.4. The molecule has 10 atom stereocenters. The summed E-state index contributed by atoms with van der Waals surface area (Å²) in [6.45, 7) is 21.2. The second kappa shape index (κ2) is 13.8. The number of aliphatic hydroxyl groups is 3. The normalized spacial score (nSPS) is 41.7. The Morgan fingerprint density at radius 2 is 1.11 bits per heavy atom. The minimum atomic E-state index is -5.71. The molecule has 3 N–H and O–H groups in total. The van der Waals surface area contributed by atoms with Crippen LogP contribution in [0.1, 0.15) is 59.3 Å². The number of ether oxygens (including phenoxy) is 3. The van der Waals surface area contributed by atoms with Gasteiger partial charge in [-0.05, 0) is 70.1 Å². The fourth-order valence-electron chi connectivity index (χ4n) is 9.36. The Morgan fingerprint density at radius 3 is 1.55 bits per heavy atom. The quantitative estimate of drug-likeness (QED) is 0.138. The van der Waals surface area contributed by atoms with Crippen LogP contribution in [0.15, 0.2) is 0 Å². The lowest BCUT2D eigenvalue weighted by molar-refractivity contribution is -0.510. The summed E-state index contributed by atoms with van der Waals surface area (Å²) in [4.78, 5) is 11.3. The highest BCUT2D eigenvalue weighted by molar-refractivity contribution is 6.75. The monoisotopic (exact) mass is 822 g/mol. The third-order valence-corrected chi connectivity index (χ3v) is 10.8. The van der Waals surface area contributed by atoms with Crippen LogP contribution in [0.2, 0.25) is 52.4 Å². The van der Waals surface area contributed by atoms with Crippen LogP contribution in [-0.4, -0.2) is 96.6 Å². The van der Waals surface area contributed by atoms with Crippen LogP contribution in [-0.2, 0) is 19.0 Å². The minimum Gasteiger partial charge on any atom is -0.452 e. The van der Waals surface area contributed by atoms with E-state index in [9.17, 15) is 64.0 Å². The van der Waals surface area contributed by atoms with Gasteiger partial charge in [0.05, 0.1) is 12.2 Å². The second-order valence-corrected chi connectivity index (χ2v) is 31.3. The fraction of sp³-hybridized carbons (Fsp3) is 0.971. The largest absolute Gasteiger partial charge is 0.452 e. The van der Waals surface area contributed by atoms with Crippen molar-refractivity contribution >= 4 is 22.1 Å². The average molecular weight is 823 g/mol. The molecule has 53 heavy (non-hydrogen) atoms. The molecule has 2 aliphatic heterocycles. The maximum Gasteiger partial charge on any atom is 0.449 e. The maximum atomic E-state index is 14.8. The van der Waals surface area contributed by atoms with Crippen molar-refractivity contribution < 1.29 is 78.2 Å². The predicted molar refractivity (Wildman–Crippen MR) is 180 cm³/mol. The van der Waals surface area contributed by atoms with Gasteiger partial charge >= 0.3 is 41.7 Å². The molecule has 0 radical (unpaired) electrons. The molecule has 6 fully saturated rings. The summed E-state index contributed by atoms with van der Waals surface area (Å²) < 4.78 is 151. The zero-order valence-electron chi connectivity index (χ0n) is 32.2. The van der Waals surface area contributed by atoms with Gasteiger partial charge in [-0.2, -0.15) is 43.9 Å². The van der Waals surface area contributed by atoms with Gasteiger partial charge < -0.3 is 29.5 Å². The topological polar surface area (TPSA) is 105 Å². The number of halogens is 10. The Balaban J connectivity index is 0.000000228. The van der Waals surface area contributed by atoms with E-state index < -0.39 is 105 Å². The lowest BCUT2D eigenvalue weighted by atomic mass is 9.61. The van der Waals surface area contributed by atoms with E-state index in [1.54, 1.807) is 0 Å². The van der Waals surface area contributed by atoms with Gasteiger partial charge in [0.2, 0.25) is 0 Å². The lowest BCUT2D eigenvalue weighted by Gasteiger charge is -2.60. The molecular formula is C34H56F10O7Si2. The molecule has 6 rings (SSSR count). The fourth-order valence-corrected chi connectivity index (χ4v) is 9.36. The third-order valence-electron chi connectivity index (χ3n) is 10.8. The number of alkyl halides is 10. The molecule has 0 amide bonds. The van der Waals surface area contributed by atoms with Crippen LogP contribution in [0.5, 0.6) is 0 Å². The molecular weight excluding hydrogens is 767 g/mol. The van der Waals surface area contributed by atoms with Crippen molar-refractivity contribution in [3.05, 3.63) is 0 Å². The predicted octanol–water partition coefficient (Wildman–Crippen LogP) is 8.62. The molecule has 0 aromatic carbocycles. The smallest absolute Gasteiger partial charge is 0.449 e. The molecule has 7 nitrogen and oxygen atoms in total. The molecule has 4 aliphatic carbocycles. The van der Waals surface area contributed by atoms with E-state index in [4.69, 9.17) is 4.74 Å². The summed E-state index contributed by atoms with van der Waals surface area (Å²) in [6, 6.07) is 0. The molecule has 2 heterocycles. The van der Waals surface area contributed by atoms with Crippen LogP contribution >= 0.6 is 0 Å². The van der Waals surface area contributed by atoms with Crippen LogP contribution < -0.4 is 0 Å². The van der Waals surface area contributed by atoms with E-state index in [1.165, 1.54) is 13.8 Å². The Kier molecular flexibility index (Phi) is 12.1. The number of carbonyl (C=O) groups is 1.